The Bertz CT molecular complexity index is 1300. The first-order valence-electron chi connectivity index (χ1n) is 9.81. The largest absolute Gasteiger partial charge is 0.322 e. The van der Waals surface area contributed by atoms with Crippen molar-refractivity contribution in [2.24, 2.45) is 5.73 Å². The molecule has 0 aliphatic carbocycles. The highest BCUT2D eigenvalue weighted by molar-refractivity contribution is 5.83. The molecule has 1 atom stereocenters. The molecule has 4 nitrogen and oxygen atoms in total. The van der Waals surface area contributed by atoms with Crippen molar-refractivity contribution in [3.63, 3.8) is 0 Å². The minimum absolute atomic E-state index is 0.349. The van der Waals surface area contributed by atoms with Crippen molar-refractivity contribution >= 4 is 21.9 Å². The summed E-state index contributed by atoms with van der Waals surface area (Å²) in [5, 5.41) is 1.07. The summed E-state index contributed by atoms with van der Waals surface area (Å²) >= 11 is 0. The normalized spacial score (nSPS) is 12.5. The zero-order valence-corrected chi connectivity index (χ0v) is 16.3. The van der Waals surface area contributed by atoms with Crippen LogP contribution >= 0.6 is 0 Å². The lowest BCUT2D eigenvalue weighted by atomic mass is 10.0. The average molecular weight is 378 g/mol. The third-order valence-electron chi connectivity index (χ3n) is 5.36. The number of fused-ring (bicyclic) bond motifs is 2. The van der Waals surface area contributed by atoms with Gasteiger partial charge < -0.3 is 10.3 Å². The zero-order valence-electron chi connectivity index (χ0n) is 16.3. The van der Waals surface area contributed by atoms with Crippen LogP contribution in [-0.2, 0) is 6.54 Å². The Morgan fingerprint density at radius 2 is 1.52 bits per heavy atom. The van der Waals surface area contributed by atoms with Crippen molar-refractivity contribution in [3.05, 3.63) is 108 Å². The van der Waals surface area contributed by atoms with Gasteiger partial charge in [-0.3, -0.25) is 4.98 Å². The molecule has 2 N–H and O–H groups in total. The van der Waals surface area contributed by atoms with Gasteiger partial charge >= 0.3 is 0 Å². The van der Waals surface area contributed by atoms with Crippen molar-refractivity contribution in [1.82, 2.24) is 14.5 Å². The second-order valence-electron chi connectivity index (χ2n) is 7.38. The van der Waals surface area contributed by atoms with E-state index < -0.39 is 0 Å². The van der Waals surface area contributed by atoms with Gasteiger partial charge in [0.05, 0.1) is 22.6 Å². The molecule has 0 amide bonds. The summed E-state index contributed by atoms with van der Waals surface area (Å²) in [6.45, 7) is 2.74. The van der Waals surface area contributed by atoms with E-state index in [1.807, 2.05) is 49.4 Å². The molecule has 0 saturated heterocycles. The summed E-state index contributed by atoms with van der Waals surface area (Å²) in [6, 6.07) is 28.5. The summed E-state index contributed by atoms with van der Waals surface area (Å²) in [7, 11) is 0. The van der Waals surface area contributed by atoms with E-state index in [2.05, 4.69) is 52.0 Å². The Hall–Kier alpha value is -3.50. The van der Waals surface area contributed by atoms with Crippen molar-refractivity contribution < 1.29 is 0 Å². The SMILES string of the molecule is Cc1cc(C(N)c2nc3ccccc3n2Cc2ccccc2)c2ccccc2n1. The summed E-state index contributed by atoms with van der Waals surface area (Å²) < 4.78 is 2.24. The summed E-state index contributed by atoms with van der Waals surface area (Å²) in [6.07, 6.45) is 0. The summed E-state index contributed by atoms with van der Waals surface area (Å²) in [5.74, 6) is 0.866. The maximum absolute atomic E-state index is 6.86. The van der Waals surface area contributed by atoms with Gasteiger partial charge in [-0.05, 0) is 42.3 Å². The fourth-order valence-electron chi connectivity index (χ4n) is 4.00. The topological polar surface area (TPSA) is 56.7 Å². The predicted octanol–water partition coefficient (Wildman–Crippen LogP) is 4.99. The smallest absolute Gasteiger partial charge is 0.131 e. The molecular formula is C25H22N4. The van der Waals surface area contributed by atoms with Crippen LogP contribution in [-0.4, -0.2) is 14.5 Å². The van der Waals surface area contributed by atoms with Gasteiger partial charge in [0.2, 0.25) is 0 Å². The maximum Gasteiger partial charge on any atom is 0.131 e. The van der Waals surface area contributed by atoms with Gasteiger partial charge in [-0.2, -0.15) is 0 Å². The number of nitrogens with two attached hydrogens (primary N) is 1. The molecule has 1 unspecified atom stereocenters. The molecule has 2 heterocycles. The van der Waals surface area contributed by atoms with Crippen molar-refractivity contribution in [2.45, 2.75) is 19.5 Å². The molecule has 0 radical (unpaired) electrons. The van der Waals surface area contributed by atoms with E-state index in [1.165, 1.54) is 5.56 Å². The molecule has 29 heavy (non-hydrogen) atoms. The van der Waals surface area contributed by atoms with Crippen LogP contribution in [0, 0.1) is 6.92 Å². The van der Waals surface area contributed by atoms with E-state index in [9.17, 15) is 0 Å². The molecule has 142 valence electrons. The van der Waals surface area contributed by atoms with E-state index >= 15 is 0 Å². The monoisotopic (exact) mass is 378 g/mol. The molecule has 0 bridgehead atoms. The van der Waals surface area contributed by atoms with Crippen molar-refractivity contribution in [1.29, 1.82) is 0 Å². The number of para-hydroxylation sites is 3. The predicted molar refractivity (Wildman–Crippen MR) is 118 cm³/mol. The highest BCUT2D eigenvalue weighted by Gasteiger charge is 2.21. The van der Waals surface area contributed by atoms with Crippen LogP contribution in [0.25, 0.3) is 21.9 Å². The van der Waals surface area contributed by atoms with Crippen LogP contribution in [0.15, 0.2) is 84.9 Å². The van der Waals surface area contributed by atoms with Gasteiger partial charge in [0, 0.05) is 17.6 Å². The first-order chi connectivity index (χ1) is 14.2. The van der Waals surface area contributed by atoms with Crippen LogP contribution in [0.3, 0.4) is 0 Å². The van der Waals surface area contributed by atoms with Gasteiger partial charge in [0.15, 0.2) is 0 Å². The molecule has 2 aromatic heterocycles. The first kappa shape index (κ1) is 17.6. The second-order valence-corrected chi connectivity index (χ2v) is 7.38. The van der Waals surface area contributed by atoms with Crippen LogP contribution in [0.1, 0.15) is 28.7 Å². The lowest BCUT2D eigenvalue weighted by molar-refractivity contribution is 0.690. The number of imidazole rings is 1. The Labute approximate surface area is 169 Å². The molecule has 5 aromatic rings. The van der Waals surface area contributed by atoms with Gasteiger partial charge in [-0.1, -0.05) is 60.7 Å². The van der Waals surface area contributed by atoms with E-state index in [0.717, 1.165) is 45.6 Å². The lowest BCUT2D eigenvalue weighted by Crippen LogP contribution is -2.19. The van der Waals surface area contributed by atoms with Gasteiger partial charge in [0.1, 0.15) is 5.82 Å². The molecule has 0 aliphatic heterocycles. The lowest BCUT2D eigenvalue weighted by Gasteiger charge is -2.17. The highest BCUT2D eigenvalue weighted by Crippen LogP contribution is 2.29. The van der Waals surface area contributed by atoms with Gasteiger partial charge in [-0.15, -0.1) is 0 Å². The summed E-state index contributed by atoms with van der Waals surface area (Å²) in [4.78, 5) is 9.60. The van der Waals surface area contributed by atoms with Gasteiger partial charge in [-0.25, -0.2) is 4.98 Å². The number of aryl methyl sites for hydroxylation is 1. The molecule has 5 rings (SSSR count). The fourth-order valence-corrected chi connectivity index (χ4v) is 4.00. The molecule has 0 aliphatic rings. The van der Waals surface area contributed by atoms with Crippen LogP contribution < -0.4 is 5.73 Å². The molecule has 0 saturated carbocycles. The third kappa shape index (κ3) is 3.18. The van der Waals surface area contributed by atoms with Crippen LogP contribution in [0.4, 0.5) is 0 Å². The van der Waals surface area contributed by atoms with Crippen LogP contribution in [0.2, 0.25) is 0 Å². The number of aromatic nitrogens is 3. The highest BCUT2D eigenvalue weighted by atomic mass is 15.1. The number of benzene rings is 3. The second kappa shape index (κ2) is 7.15. The fraction of sp³-hybridized carbons (Fsp3) is 0.120. The Balaban J connectivity index is 1.70. The molecule has 4 heteroatoms. The number of pyridine rings is 1. The number of hydrogen-bond acceptors (Lipinski definition) is 3. The molecule has 0 fully saturated rings. The first-order valence-corrected chi connectivity index (χ1v) is 9.81. The van der Waals surface area contributed by atoms with E-state index in [-0.39, 0.29) is 6.04 Å². The Morgan fingerprint density at radius 3 is 2.34 bits per heavy atom. The maximum atomic E-state index is 6.86. The molecular weight excluding hydrogens is 356 g/mol. The third-order valence-corrected chi connectivity index (χ3v) is 5.36. The van der Waals surface area contributed by atoms with E-state index in [0.29, 0.717) is 0 Å². The minimum atomic E-state index is -0.349. The number of rotatable bonds is 4. The molecule has 0 spiro atoms. The standard InChI is InChI=1S/C25H22N4/c1-17-15-20(19-11-5-6-12-21(19)27-17)24(26)25-28-22-13-7-8-14-23(22)29(25)16-18-9-3-2-4-10-18/h2-15,24H,16,26H2,1H3. The van der Waals surface area contributed by atoms with Crippen LogP contribution in [0.5, 0.6) is 0 Å². The van der Waals surface area contributed by atoms with Gasteiger partial charge in [0.25, 0.3) is 0 Å². The Morgan fingerprint density at radius 1 is 0.828 bits per heavy atom. The quantitative estimate of drug-likeness (QED) is 0.479. The van der Waals surface area contributed by atoms with Crippen molar-refractivity contribution in [3.8, 4) is 0 Å². The van der Waals surface area contributed by atoms with E-state index in [1.54, 1.807) is 0 Å². The van der Waals surface area contributed by atoms with Crippen molar-refractivity contribution in [2.75, 3.05) is 0 Å². The number of nitrogens with zero attached hydrogens (tertiary/aromatic N) is 3. The number of hydrogen-bond donors (Lipinski definition) is 1. The minimum Gasteiger partial charge on any atom is -0.322 e. The molecule has 3 aromatic carbocycles. The van der Waals surface area contributed by atoms with E-state index in [4.69, 9.17) is 10.7 Å². The Kier molecular flexibility index (Phi) is 4.34. The summed E-state index contributed by atoms with van der Waals surface area (Å²) in [5.41, 5.74) is 13.1. The average Bonchev–Trinajstić information content (AvgIpc) is 3.12. The zero-order chi connectivity index (χ0) is 19.8.